The van der Waals surface area contributed by atoms with Crippen LogP contribution in [0.5, 0.6) is 0 Å². The molecule has 0 aromatic rings. The first kappa shape index (κ1) is 15.7. The lowest BCUT2D eigenvalue weighted by Crippen LogP contribution is -2.35. The van der Waals surface area contributed by atoms with Gasteiger partial charge in [-0.3, -0.25) is 4.90 Å². The van der Waals surface area contributed by atoms with Crippen molar-refractivity contribution in [2.75, 3.05) is 19.6 Å². The van der Waals surface area contributed by atoms with E-state index in [-0.39, 0.29) is 0 Å². The van der Waals surface area contributed by atoms with Crippen molar-refractivity contribution in [1.29, 1.82) is 0 Å². The van der Waals surface area contributed by atoms with Gasteiger partial charge in [0.25, 0.3) is 0 Å². The molecule has 1 atom stereocenters. The van der Waals surface area contributed by atoms with Crippen molar-refractivity contribution in [3.05, 3.63) is 0 Å². The first-order valence-electron chi connectivity index (χ1n) is 5.80. The lowest BCUT2D eigenvalue weighted by Gasteiger charge is -2.23. The van der Waals surface area contributed by atoms with Crippen LogP contribution in [0.2, 0.25) is 0 Å². The van der Waals surface area contributed by atoms with Crippen molar-refractivity contribution >= 4 is 0 Å². The van der Waals surface area contributed by atoms with Crippen LogP contribution in [0.25, 0.3) is 0 Å². The molecule has 1 aliphatic heterocycles. The van der Waals surface area contributed by atoms with Gasteiger partial charge in [-0.05, 0) is 32.7 Å². The molecule has 0 saturated carbocycles. The monoisotopic (exact) mass is 241 g/mol. The van der Waals surface area contributed by atoms with E-state index in [9.17, 15) is 18.3 Å². The molecule has 1 aliphatic rings. The minimum Gasteiger partial charge on any atom is -0.390 e. The Bertz CT molecular complexity index is 192. The zero-order chi connectivity index (χ0) is 12.8. The third-order valence-corrected chi connectivity index (χ3v) is 2.56. The van der Waals surface area contributed by atoms with E-state index < -0.39 is 18.3 Å². The van der Waals surface area contributed by atoms with Crippen LogP contribution in [0.15, 0.2) is 0 Å². The first-order chi connectivity index (χ1) is 7.29. The maximum absolute atomic E-state index is 12.1. The second-order valence-electron chi connectivity index (χ2n) is 4.24. The maximum Gasteiger partial charge on any atom is 0.401 e. The molecule has 0 amide bonds. The topological polar surface area (TPSA) is 23.5 Å². The van der Waals surface area contributed by atoms with Crippen molar-refractivity contribution in [3.8, 4) is 0 Å². The van der Waals surface area contributed by atoms with Gasteiger partial charge in [0.15, 0.2) is 0 Å². The molecule has 0 aliphatic carbocycles. The fraction of sp³-hybridized carbons (Fsp3) is 1.00. The zero-order valence-corrected chi connectivity index (χ0v) is 10.3. The molecule has 0 aromatic heterocycles. The number of likely N-dealkylation sites (tertiary alicyclic amines) is 1. The number of nitrogens with zero attached hydrogens (tertiary/aromatic N) is 1. The van der Waals surface area contributed by atoms with Crippen LogP contribution in [-0.4, -0.2) is 41.4 Å². The summed E-state index contributed by atoms with van der Waals surface area (Å²) in [6, 6.07) is 0. The lowest BCUT2D eigenvalue weighted by atomic mass is 9.98. The first-order valence-corrected chi connectivity index (χ1v) is 5.80. The van der Waals surface area contributed by atoms with E-state index in [1.54, 1.807) is 6.92 Å². The predicted octanol–water partition coefficient (Wildman–Crippen LogP) is 2.81. The molecular weight excluding hydrogens is 219 g/mol. The maximum atomic E-state index is 12.1. The van der Waals surface area contributed by atoms with Crippen molar-refractivity contribution in [2.45, 2.75) is 51.8 Å². The van der Waals surface area contributed by atoms with Crippen LogP contribution in [-0.2, 0) is 0 Å². The summed E-state index contributed by atoms with van der Waals surface area (Å²) in [7, 11) is 0. The summed E-state index contributed by atoms with van der Waals surface area (Å²) in [6.45, 7) is 5.58. The molecule has 1 saturated heterocycles. The molecule has 5 heteroatoms. The Morgan fingerprint density at radius 2 is 1.75 bits per heavy atom. The Hall–Kier alpha value is -0.290. The minimum atomic E-state index is -4.13. The smallest absolute Gasteiger partial charge is 0.390 e. The van der Waals surface area contributed by atoms with E-state index >= 15 is 0 Å². The van der Waals surface area contributed by atoms with Crippen LogP contribution in [0.3, 0.4) is 0 Å². The third-order valence-electron chi connectivity index (χ3n) is 2.56. The molecule has 0 aromatic carbocycles. The van der Waals surface area contributed by atoms with Crippen LogP contribution in [0.4, 0.5) is 13.2 Å². The number of alkyl halides is 3. The lowest BCUT2D eigenvalue weighted by molar-refractivity contribution is -0.146. The average Bonchev–Trinajstić information content (AvgIpc) is 2.29. The Balaban J connectivity index is 0.00000106. The summed E-state index contributed by atoms with van der Waals surface area (Å²) in [6.07, 6.45) is -2.50. The Labute approximate surface area is 95.4 Å². The number of halogens is 3. The zero-order valence-electron chi connectivity index (χ0n) is 10.3. The van der Waals surface area contributed by atoms with Crippen LogP contribution >= 0.6 is 0 Å². The largest absolute Gasteiger partial charge is 0.401 e. The van der Waals surface area contributed by atoms with Crippen molar-refractivity contribution < 1.29 is 18.3 Å². The Morgan fingerprint density at radius 3 is 2.25 bits per heavy atom. The SMILES string of the molecule is CC.CC1(O)CCCN(CC(F)(F)F)CC1. The molecule has 1 heterocycles. The predicted molar refractivity (Wildman–Crippen MR) is 58.3 cm³/mol. The highest BCUT2D eigenvalue weighted by Crippen LogP contribution is 2.24. The Kier molecular flexibility index (Phi) is 6.33. The van der Waals surface area contributed by atoms with Gasteiger partial charge in [0, 0.05) is 6.54 Å². The van der Waals surface area contributed by atoms with E-state index in [0.717, 1.165) is 0 Å². The van der Waals surface area contributed by atoms with Crippen LogP contribution in [0, 0.1) is 0 Å². The summed E-state index contributed by atoms with van der Waals surface area (Å²) in [4.78, 5) is 1.36. The summed E-state index contributed by atoms with van der Waals surface area (Å²) >= 11 is 0. The van der Waals surface area contributed by atoms with Gasteiger partial charge in [0.2, 0.25) is 0 Å². The summed E-state index contributed by atoms with van der Waals surface area (Å²) < 4.78 is 36.2. The molecule has 16 heavy (non-hydrogen) atoms. The summed E-state index contributed by atoms with van der Waals surface area (Å²) in [5.41, 5.74) is -0.791. The van der Waals surface area contributed by atoms with E-state index in [4.69, 9.17) is 0 Å². The molecule has 0 bridgehead atoms. The normalized spacial score (nSPS) is 27.9. The second-order valence-corrected chi connectivity index (χ2v) is 4.24. The highest BCUT2D eigenvalue weighted by Gasteiger charge is 2.33. The van der Waals surface area contributed by atoms with E-state index in [2.05, 4.69) is 0 Å². The summed E-state index contributed by atoms with van der Waals surface area (Å²) in [5.74, 6) is 0. The van der Waals surface area contributed by atoms with Gasteiger partial charge in [-0.15, -0.1) is 0 Å². The van der Waals surface area contributed by atoms with Gasteiger partial charge < -0.3 is 5.11 Å². The van der Waals surface area contributed by atoms with Gasteiger partial charge in [-0.1, -0.05) is 13.8 Å². The van der Waals surface area contributed by atoms with Crippen molar-refractivity contribution in [1.82, 2.24) is 4.90 Å². The molecule has 0 spiro atoms. The molecule has 1 N–H and O–H groups in total. The van der Waals surface area contributed by atoms with Crippen molar-refractivity contribution in [2.24, 2.45) is 0 Å². The van der Waals surface area contributed by atoms with E-state index in [1.165, 1.54) is 4.90 Å². The molecule has 1 rings (SSSR count). The molecule has 1 unspecified atom stereocenters. The Morgan fingerprint density at radius 1 is 1.19 bits per heavy atom. The van der Waals surface area contributed by atoms with Gasteiger partial charge in [-0.2, -0.15) is 13.2 Å². The van der Waals surface area contributed by atoms with Gasteiger partial charge >= 0.3 is 6.18 Å². The molecule has 1 fully saturated rings. The number of hydrogen-bond acceptors (Lipinski definition) is 2. The summed E-state index contributed by atoms with van der Waals surface area (Å²) in [5, 5.41) is 9.66. The van der Waals surface area contributed by atoms with Crippen LogP contribution < -0.4 is 0 Å². The minimum absolute atomic E-state index is 0.326. The highest BCUT2D eigenvalue weighted by atomic mass is 19.4. The molecule has 2 nitrogen and oxygen atoms in total. The third kappa shape index (κ3) is 7.06. The fourth-order valence-electron chi connectivity index (χ4n) is 1.73. The van der Waals surface area contributed by atoms with E-state index in [0.29, 0.717) is 32.4 Å². The second kappa shape index (κ2) is 6.45. The number of rotatable bonds is 1. The van der Waals surface area contributed by atoms with Gasteiger partial charge in [-0.25, -0.2) is 0 Å². The average molecular weight is 241 g/mol. The fourth-order valence-corrected chi connectivity index (χ4v) is 1.73. The van der Waals surface area contributed by atoms with E-state index in [1.807, 2.05) is 13.8 Å². The molecular formula is C11H22F3NO. The van der Waals surface area contributed by atoms with Gasteiger partial charge in [0.05, 0.1) is 12.1 Å². The highest BCUT2D eigenvalue weighted by molar-refractivity contribution is 4.79. The quantitative estimate of drug-likeness (QED) is 0.763. The molecule has 98 valence electrons. The number of hydrogen-bond donors (Lipinski definition) is 1. The van der Waals surface area contributed by atoms with Crippen molar-refractivity contribution in [3.63, 3.8) is 0 Å². The molecule has 0 radical (unpaired) electrons. The standard InChI is InChI=1S/C9H16F3NO.C2H6/c1-8(14)3-2-5-13(6-4-8)7-9(10,11)12;1-2/h14H,2-7H2,1H3;1-2H3. The van der Waals surface area contributed by atoms with Crippen LogP contribution in [0.1, 0.15) is 40.0 Å². The number of aliphatic hydroxyl groups is 1. The van der Waals surface area contributed by atoms with Gasteiger partial charge in [0.1, 0.15) is 0 Å².